The Kier molecular flexibility index (Phi) is 8.12. The minimum absolute atomic E-state index is 0.0107. The monoisotopic (exact) mass is 764 g/mol. The Morgan fingerprint density at radius 1 is 0.655 bits per heavy atom. The molecule has 0 bridgehead atoms. The highest BCUT2D eigenvalue weighted by atomic mass is 32.1. The second-order valence-electron chi connectivity index (χ2n) is 14.5. The summed E-state index contributed by atoms with van der Waals surface area (Å²) in [7, 11) is 0. The number of nitriles is 1. The van der Waals surface area contributed by atoms with Crippen LogP contribution in [0, 0.1) is 11.3 Å². The summed E-state index contributed by atoms with van der Waals surface area (Å²) < 4.78 is 7.99. The summed E-state index contributed by atoms with van der Waals surface area (Å²) in [5, 5.41) is 14.4. The van der Waals surface area contributed by atoms with E-state index >= 15 is 0 Å². The average molecular weight is 765 g/mol. The molecule has 0 saturated heterocycles. The van der Waals surface area contributed by atoms with E-state index in [4.69, 9.17) is 24.7 Å². The summed E-state index contributed by atoms with van der Waals surface area (Å²) in [6, 6.07) is 53.3. The molecule has 1 N–H and O–H groups in total. The number of nitrogens with one attached hydrogen (secondary N) is 1. The van der Waals surface area contributed by atoms with Gasteiger partial charge in [0, 0.05) is 44.3 Å². The lowest BCUT2D eigenvalue weighted by molar-refractivity contribution is 0.277. The first-order valence-corrected chi connectivity index (χ1v) is 20.0. The van der Waals surface area contributed by atoms with E-state index in [-0.39, 0.29) is 12.1 Å². The predicted octanol–water partition coefficient (Wildman–Crippen LogP) is 11.5. The lowest BCUT2D eigenvalue weighted by atomic mass is 9.88. The first kappa shape index (κ1) is 33.8. The van der Waals surface area contributed by atoms with Crippen molar-refractivity contribution < 1.29 is 4.74 Å². The largest absolute Gasteiger partial charge is 0.485 e. The average Bonchev–Trinajstić information content (AvgIpc) is 3.87. The quantitative estimate of drug-likeness (QED) is 0.181. The molecule has 0 radical (unpaired) electrons. The van der Waals surface area contributed by atoms with E-state index in [1.165, 1.54) is 20.5 Å². The molecule has 0 spiro atoms. The van der Waals surface area contributed by atoms with Gasteiger partial charge < -0.3 is 10.1 Å². The van der Waals surface area contributed by atoms with Crippen LogP contribution in [0.2, 0.25) is 0 Å². The summed E-state index contributed by atoms with van der Waals surface area (Å²) in [4.78, 5) is 21.7. The normalized spacial score (nSPS) is 16.4. The van der Waals surface area contributed by atoms with Gasteiger partial charge in [0.05, 0.1) is 28.2 Å². The van der Waals surface area contributed by atoms with Gasteiger partial charge >= 0.3 is 0 Å². The number of amidine groups is 1. The number of benzene rings is 6. The van der Waals surface area contributed by atoms with Crippen LogP contribution in [0.5, 0.6) is 5.75 Å². The van der Waals surface area contributed by atoms with Crippen molar-refractivity contribution in [1.82, 2.24) is 20.3 Å². The topological polar surface area (TPSA) is 96.1 Å². The Bertz CT molecular complexity index is 3050. The summed E-state index contributed by atoms with van der Waals surface area (Å²) in [5.41, 5.74) is 10.7. The van der Waals surface area contributed by atoms with Gasteiger partial charge in [-0.1, -0.05) is 140 Å². The van der Waals surface area contributed by atoms with E-state index in [1.807, 2.05) is 91.0 Å². The molecule has 0 amide bonds. The van der Waals surface area contributed by atoms with Crippen molar-refractivity contribution in [2.45, 2.75) is 18.6 Å². The standard InChI is InChI=1S/C50H32N6OS/c51-29-30-11-9-16-35(27-30)31-21-23-34(24-22-31)48-54-47(33-14-5-2-6-15-33)55-50(56-48)39-18-10-19-40-43(39)37-26-25-36(28-41(37)57-40)49-52-44(32-12-3-1-4-13-32)46-45(53-49)38-17-7-8-20-42(38)58-46/h1-27,41,44H,28H2,(H,52,53). The molecule has 2 aromatic heterocycles. The molecular formula is C50H32N6OS. The Balaban J connectivity index is 0.984. The first-order chi connectivity index (χ1) is 28.7. The molecule has 4 heterocycles. The SMILES string of the molecule is N#Cc1cccc(-c2ccc(-c3nc(-c4ccccc4)nc(-c4cccc5c4C4=CC=C(C6=Nc7c(sc8ccccc78)C(c7ccccc7)N6)CC4O5)n3)cc2)c1. The third-order valence-electron chi connectivity index (χ3n) is 11.0. The van der Waals surface area contributed by atoms with Crippen LogP contribution >= 0.6 is 11.3 Å². The number of ether oxygens (including phenoxy) is 1. The molecule has 2 unspecified atom stereocenters. The predicted molar refractivity (Wildman–Crippen MR) is 232 cm³/mol. The van der Waals surface area contributed by atoms with E-state index in [0.717, 1.165) is 61.8 Å². The molecular weight excluding hydrogens is 733 g/mol. The summed E-state index contributed by atoms with van der Waals surface area (Å²) >= 11 is 1.81. The zero-order valence-electron chi connectivity index (χ0n) is 31.0. The Labute approximate surface area is 339 Å². The maximum absolute atomic E-state index is 9.43. The Morgan fingerprint density at radius 3 is 2.16 bits per heavy atom. The minimum Gasteiger partial charge on any atom is -0.485 e. The summed E-state index contributed by atoms with van der Waals surface area (Å²) in [5.74, 6) is 3.42. The first-order valence-electron chi connectivity index (χ1n) is 19.2. The molecule has 58 heavy (non-hydrogen) atoms. The van der Waals surface area contributed by atoms with Crippen molar-refractivity contribution in [3.63, 3.8) is 0 Å². The number of hydrogen-bond donors (Lipinski definition) is 1. The molecule has 0 fully saturated rings. The van der Waals surface area contributed by atoms with Crippen LogP contribution in [-0.2, 0) is 0 Å². The number of aliphatic imine (C=N–C) groups is 1. The van der Waals surface area contributed by atoms with Crippen LogP contribution < -0.4 is 10.1 Å². The second kappa shape index (κ2) is 13.9. The van der Waals surface area contributed by atoms with E-state index in [1.54, 1.807) is 11.3 Å². The summed E-state index contributed by atoms with van der Waals surface area (Å²) in [6.45, 7) is 0. The van der Waals surface area contributed by atoms with Crippen molar-refractivity contribution in [3.05, 3.63) is 191 Å². The van der Waals surface area contributed by atoms with Crippen molar-refractivity contribution in [2.24, 2.45) is 4.99 Å². The van der Waals surface area contributed by atoms with Crippen LogP contribution in [0.25, 0.3) is 60.9 Å². The molecule has 3 aliphatic rings. The van der Waals surface area contributed by atoms with Gasteiger partial charge in [-0.25, -0.2) is 19.9 Å². The third kappa shape index (κ3) is 5.88. The van der Waals surface area contributed by atoms with Crippen molar-refractivity contribution in [2.75, 3.05) is 0 Å². The fraction of sp³-hybridized carbons (Fsp3) is 0.0600. The number of allylic oxidation sites excluding steroid dienone is 2. The molecule has 6 aromatic carbocycles. The fourth-order valence-electron chi connectivity index (χ4n) is 8.14. The maximum atomic E-state index is 9.43. The highest BCUT2D eigenvalue weighted by Crippen LogP contribution is 2.49. The van der Waals surface area contributed by atoms with Gasteiger partial charge in [0.1, 0.15) is 17.7 Å². The van der Waals surface area contributed by atoms with E-state index < -0.39 is 0 Å². The number of rotatable bonds is 6. The lowest BCUT2D eigenvalue weighted by Crippen LogP contribution is -2.34. The van der Waals surface area contributed by atoms with E-state index in [2.05, 4.69) is 84.2 Å². The number of fused-ring (bicyclic) bond motifs is 6. The molecule has 0 saturated carbocycles. The smallest absolute Gasteiger partial charge is 0.164 e. The number of hydrogen-bond acceptors (Lipinski definition) is 8. The van der Waals surface area contributed by atoms with Gasteiger partial charge in [-0.15, -0.1) is 11.3 Å². The van der Waals surface area contributed by atoms with Gasteiger partial charge in [0.25, 0.3) is 0 Å². The van der Waals surface area contributed by atoms with Gasteiger partial charge in [-0.05, 0) is 46.5 Å². The molecule has 2 aliphatic heterocycles. The Hall–Kier alpha value is -7.47. The molecule has 8 heteroatoms. The molecule has 11 rings (SSSR count). The number of thiophene rings is 1. The lowest BCUT2D eigenvalue weighted by Gasteiger charge is -2.28. The maximum Gasteiger partial charge on any atom is 0.164 e. The molecule has 1 aliphatic carbocycles. The van der Waals surface area contributed by atoms with Crippen molar-refractivity contribution in [3.8, 4) is 57.1 Å². The number of nitrogens with zero attached hydrogens (tertiary/aromatic N) is 5. The Morgan fingerprint density at radius 2 is 1.34 bits per heavy atom. The van der Waals surface area contributed by atoms with Gasteiger partial charge in [-0.2, -0.15) is 5.26 Å². The van der Waals surface area contributed by atoms with Gasteiger partial charge in [0.15, 0.2) is 17.5 Å². The van der Waals surface area contributed by atoms with Crippen LogP contribution in [0.1, 0.15) is 34.0 Å². The van der Waals surface area contributed by atoms with Gasteiger partial charge in [0.2, 0.25) is 0 Å². The fourth-order valence-corrected chi connectivity index (χ4v) is 9.37. The van der Waals surface area contributed by atoms with Crippen LogP contribution in [-0.4, -0.2) is 26.9 Å². The second-order valence-corrected chi connectivity index (χ2v) is 15.6. The molecule has 7 nitrogen and oxygen atoms in total. The summed E-state index contributed by atoms with van der Waals surface area (Å²) in [6.07, 6.45) is 4.84. The van der Waals surface area contributed by atoms with Crippen molar-refractivity contribution in [1.29, 1.82) is 5.26 Å². The van der Waals surface area contributed by atoms with Crippen molar-refractivity contribution >= 4 is 38.5 Å². The zero-order chi connectivity index (χ0) is 38.6. The van der Waals surface area contributed by atoms with Crippen LogP contribution in [0.4, 0.5) is 5.69 Å². The molecule has 8 aromatic rings. The molecule has 2 atom stereocenters. The van der Waals surface area contributed by atoms with Crippen LogP contribution in [0.3, 0.4) is 0 Å². The molecule has 274 valence electrons. The highest BCUT2D eigenvalue weighted by Gasteiger charge is 2.37. The van der Waals surface area contributed by atoms with E-state index in [0.29, 0.717) is 29.5 Å². The zero-order valence-corrected chi connectivity index (χ0v) is 31.8. The van der Waals surface area contributed by atoms with Crippen LogP contribution in [0.15, 0.2) is 174 Å². The van der Waals surface area contributed by atoms with Gasteiger partial charge in [-0.3, -0.25) is 0 Å². The highest BCUT2D eigenvalue weighted by molar-refractivity contribution is 7.19. The minimum atomic E-state index is -0.196. The number of aromatic nitrogens is 3. The van der Waals surface area contributed by atoms with E-state index in [9.17, 15) is 5.26 Å². The third-order valence-corrected chi connectivity index (χ3v) is 12.2.